The first-order valence-corrected chi connectivity index (χ1v) is 18.7. The minimum atomic E-state index is -0.00332. The molecular formula is C38H74O4. The maximum Gasteiger partial charge on any atom is 0.309 e. The SMILES string of the molecule is CCCCCCOC(=O)CCCCCCCCCCCCCCCCC(C(C)C)C(C(=O)OCCCCCC)C(C)C. The highest BCUT2D eigenvalue weighted by atomic mass is 16.5. The number of hydrogen-bond acceptors (Lipinski definition) is 4. The summed E-state index contributed by atoms with van der Waals surface area (Å²) in [4.78, 5) is 24.7. The molecule has 0 bridgehead atoms. The lowest BCUT2D eigenvalue weighted by atomic mass is 9.74. The van der Waals surface area contributed by atoms with E-state index in [9.17, 15) is 9.59 Å². The van der Waals surface area contributed by atoms with Crippen LogP contribution in [0, 0.1) is 23.7 Å². The fourth-order valence-corrected chi connectivity index (χ4v) is 6.22. The molecule has 4 heteroatoms. The molecule has 2 atom stereocenters. The second-order valence-electron chi connectivity index (χ2n) is 13.7. The van der Waals surface area contributed by atoms with Crippen molar-refractivity contribution in [3.63, 3.8) is 0 Å². The largest absolute Gasteiger partial charge is 0.466 e. The maximum atomic E-state index is 13.0. The molecule has 0 amide bonds. The Balaban J connectivity index is 3.74. The lowest BCUT2D eigenvalue weighted by molar-refractivity contribution is -0.153. The normalized spacial score (nSPS) is 13.0. The summed E-state index contributed by atoms with van der Waals surface area (Å²) < 4.78 is 11.1. The van der Waals surface area contributed by atoms with Gasteiger partial charge in [-0.1, -0.05) is 164 Å². The minimum Gasteiger partial charge on any atom is -0.466 e. The lowest BCUT2D eigenvalue weighted by Gasteiger charge is -2.31. The van der Waals surface area contributed by atoms with E-state index < -0.39 is 0 Å². The van der Waals surface area contributed by atoms with Gasteiger partial charge in [0.1, 0.15) is 0 Å². The quantitative estimate of drug-likeness (QED) is 0.0591. The van der Waals surface area contributed by atoms with Gasteiger partial charge in [0.15, 0.2) is 0 Å². The summed E-state index contributed by atoms with van der Waals surface area (Å²) in [6.07, 6.45) is 29.0. The van der Waals surface area contributed by atoms with Crippen LogP contribution in [-0.4, -0.2) is 25.2 Å². The van der Waals surface area contributed by atoms with Crippen molar-refractivity contribution in [1.29, 1.82) is 0 Å². The van der Waals surface area contributed by atoms with Crippen LogP contribution < -0.4 is 0 Å². The summed E-state index contributed by atoms with van der Waals surface area (Å²) in [5, 5.41) is 0. The first kappa shape index (κ1) is 40.9. The van der Waals surface area contributed by atoms with E-state index in [1.807, 2.05) is 0 Å². The van der Waals surface area contributed by atoms with Crippen molar-refractivity contribution in [3.05, 3.63) is 0 Å². The Morgan fingerprint density at radius 3 is 1.31 bits per heavy atom. The Hall–Kier alpha value is -1.06. The van der Waals surface area contributed by atoms with Gasteiger partial charge in [-0.15, -0.1) is 0 Å². The molecule has 2 unspecified atom stereocenters. The Morgan fingerprint density at radius 2 is 0.881 bits per heavy atom. The van der Waals surface area contributed by atoms with Crippen LogP contribution >= 0.6 is 0 Å². The van der Waals surface area contributed by atoms with Gasteiger partial charge in [-0.05, 0) is 43.4 Å². The first-order chi connectivity index (χ1) is 20.3. The van der Waals surface area contributed by atoms with Gasteiger partial charge < -0.3 is 9.47 Å². The topological polar surface area (TPSA) is 52.6 Å². The highest BCUT2D eigenvalue weighted by Crippen LogP contribution is 2.33. The van der Waals surface area contributed by atoms with E-state index >= 15 is 0 Å². The summed E-state index contributed by atoms with van der Waals surface area (Å²) >= 11 is 0. The number of rotatable bonds is 31. The number of hydrogen-bond donors (Lipinski definition) is 0. The predicted molar refractivity (Wildman–Crippen MR) is 181 cm³/mol. The molecular weight excluding hydrogens is 520 g/mol. The highest BCUT2D eigenvalue weighted by Gasteiger charge is 2.33. The average Bonchev–Trinajstić information content (AvgIpc) is 2.95. The van der Waals surface area contributed by atoms with Crippen molar-refractivity contribution in [2.45, 2.75) is 196 Å². The Kier molecular flexibility index (Phi) is 29.2. The third-order valence-corrected chi connectivity index (χ3v) is 8.98. The van der Waals surface area contributed by atoms with Crippen molar-refractivity contribution in [3.8, 4) is 0 Å². The zero-order valence-corrected chi connectivity index (χ0v) is 29.3. The standard InChI is InChI=1S/C38H74O4/c1-7-9-11-27-31-41-36(39)30-26-24-22-20-18-16-14-13-15-17-19-21-23-25-29-35(33(3)4)37(34(5)6)38(40)42-32-28-12-10-8-2/h33-35,37H,7-32H2,1-6H3. The molecule has 0 aliphatic rings. The molecule has 0 N–H and O–H groups in total. The molecule has 0 heterocycles. The summed E-state index contributed by atoms with van der Waals surface area (Å²) in [7, 11) is 0. The fourth-order valence-electron chi connectivity index (χ4n) is 6.22. The van der Waals surface area contributed by atoms with Crippen LogP contribution in [0.2, 0.25) is 0 Å². The van der Waals surface area contributed by atoms with Crippen LogP contribution in [0.25, 0.3) is 0 Å². The second-order valence-corrected chi connectivity index (χ2v) is 13.7. The molecule has 0 rings (SSSR count). The molecule has 0 fully saturated rings. The van der Waals surface area contributed by atoms with Crippen molar-refractivity contribution in [2.24, 2.45) is 23.7 Å². The molecule has 0 saturated heterocycles. The summed E-state index contributed by atoms with van der Waals surface area (Å²) in [6.45, 7) is 14.5. The number of carbonyl (C=O) groups excluding carboxylic acids is 2. The molecule has 42 heavy (non-hydrogen) atoms. The van der Waals surface area contributed by atoms with Crippen LogP contribution in [0.3, 0.4) is 0 Å². The zero-order chi connectivity index (χ0) is 31.3. The van der Waals surface area contributed by atoms with Crippen molar-refractivity contribution >= 4 is 11.9 Å². The second kappa shape index (κ2) is 30.0. The molecule has 0 aliphatic carbocycles. The third-order valence-electron chi connectivity index (χ3n) is 8.98. The van der Waals surface area contributed by atoms with E-state index in [4.69, 9.17) is 9.47 Å². The number of esters is 2. The molecule has 0 aliphatic heterocycles. The summed E-state index contributed by atoms with van der Waals surface area (Å²) in [6, 6.07) is 0. The zero-order valence-electron chi connectivity index (χ0n) is 29.3. The van der Waals surface area contributed by atoms with Gasteiger partial charge in [0, 0.05) is 6.42 Å². The highest BCUT2D eigenvalue weighted by molar-refractivity contribution is 5.73. The molecule has 0 aromatic heterocycles. The van der Waals surface area contributed by atoms with E-state index in [-0.39, 0.29) is 17.9 Å². The van der Waals surface area contributed by atoms with E-state index in [0.29, 0.717) is 37.4 Å². The van der Waals surface area contributed by atoms with Crippen LogP contribution in [-0.2, 0) is 19.1 Å². The molecule has 0 radical (unpaired) electrons. The van der Waals surface area contributed by atoms with Crippen molar-refractivity contribution in [2.75, 3.05) is 13.2 Å². The van der Waals surface area contributed by atoms with Gasteiger partial charge in [-0.2, -0.15) is 0 Å². The van der Waals surface area contributed by atoms with Gasteiger partial charge in [0.05, 0.1) is 19.1 Å². The predicted octanol–water partition coefficient (Wildman–Crippen LogP) is 12.0. The number of unbranched alkanes of at least 4 members (excludes halogenated alkanes) is 19. The molecule has 0 saturated carbocycles. The average molecular weight is 595 g/mol. The van der Waals surface area contributed by atoms with Gasteiger partial charge in [-0.25, -0.2) is 0 Å². The Morgan fingerprint density at radius 1 is 0.476 bits per heavy atom. The van der Waals surface area contributed by atoms with E-state index in [1.54, 1.807) is 0 Å². The lowest BCUT2D eigenvalue weighted by Crippen LogP contribution is -2.33. The molecule has 250 valence electrons. The molecule has 4 nitrogen and oxygen atoms in total. The van der Waals surface area contributed by atoms with Gasteiger partial charge in [0.2, 0.25) is 0 Å². The fraction of sp³-hybridized carbons (Fsp3) is 0.947. The van der Waals surface area contributed by atoms with Crippen LogP contribution in [0.15, 0.2) is 0 Å². The summed E-state index contributed by atoms with van der Waals surface area (Å²) in [5.74, 6) is 1.35. The third kappa shape index (κ3) is 24.4. The maximum absolute atomic E-state index is 13.0. The van der Waals surface area contributed by atoms with Crippen LogP contribution in [0.1, 0.15) is 196 Å². The molecule has 0 aromatic carbocycles. The van der Waals surface area contributed by atoms with E-state index in [2.05, 4.69) is 41.5 Å². The number of carbonyl (C=O) groups is 2. The van der Waals surface area contributed by atoms with Crippen LogP contribution in [0.5, 0.6) is 0 Å². The van der Waals surface area contributed by atoms with E-state index in [0.717, 1.165) is 38.5 Å². The summed E-state index contributed by atoms with van der Waals surface area (Å²) in [5.41, 5.74) is 0. The van der Waals surface area contributed by atoms with Crippen molar-refractivity contribution < 1.29 is 19.1 Å². The first-order valence-electron chi connectivity index (χ1n) is 18.7. The minimum absolute atomic E-state index is 0.00332. The Labute approximate surface area is 263 Å². The smallest absolute Gasteiger partial charge is 0.309 e. The van der Waals surface area contributed by atoms with Gasteiger partial charge in [-0.3, -0.25) is 9.59 Å². The van der Waals surface area contributed by atoms with E-state index in [1.165, 1.54) is 109 Å². The molecule has 0 aromatic rings. The van der Waals surface area contributed by atoms with Crippen molar-refractivity contribution in [1.82, 2.24) is 0 Å². The Bertz CT molecular complexity index is 600. The number of ether oxygens (including phenoxy) is 2. The van der Waals surface area contributed by atoms with Gasteiger partial charge in [0.25, 0.3) is 0 Å². The van der Waals surface area contributed by atoms with Crippen LogP contribution in [0.4, 0.5) is 0 Å². The van der Waals surface area contributed by atoms with Gasteiger partial charge >= 0.3 is 11.9 Å². The monoisotopic (exact) mass is 595 g/mol. The molecule has 0 spiro atoms.